The number of thiophene rings is 1. The molecule has 0 aliphatic heterocycles. The minimum Gasteiger partial charge on any atom is -0.481 e. The summed E-state index contributed by atoms with van der Waals surface area (Å²) in [5.41, 5.74) is 0.988. The number of aromatic nitrogens is 2. The van der Waals surface area contributed by atoms with Gasteiger partial charge in [0, 0.05) is 4.88 Å². The molecule has 138 valence electrons. The number of H-pyrrole nitrogens is 1. The molecule has 2 heterocycles. The number of aromatic amines is 1. The Kier molecular flexibility index (Phi) is 5.23. The highest BCUT2D eigenvalue weighted by molar-refractivity contribution is 7.18. The number of benzene rings is 1. The molecular formula is C19H17N3O4S. The Morgan fingerprint density at radius 2 is 2.11 bits per heavy atom. The van der Waals surface area contributed by atoms with Crippen LogP contribution in [0.5, 0.6) is 5.75 Å². The number of ether oxygens (including phenoxy) is 2. The Morgan fingerprint density at radius 1 is 1.37 bits per heavy atom. The summed E-state index contributed by atoms with van der Waals surface area (Å²) >= 11 is 1.43. The topological polar surface area (TPSA) is 105 Å². The zero-order valence-electron chi connectivity index (χ0n) is 15.0. The van der Waals surface area contributed by atoms with Crippen molar-refractivity contribution in [1.82, 2.24) is 9.97 Å². The fourth-order valence-corrected chi connectivity index (χ4v) is 3.61. The van der Waals surface area contributed by atoms with Crippen molar-refractivity contribution in [2.24, 2.45) is 0 Å². The first-order chi connectivity index (χ1) is 12.9. The Balaban J connectivity index is 1.71. The van der Waals surface area contributed by atoms with E-state index in [0.29, 0.717) is 21.5 Å². The highest BCUT2D eigenvalue weighted by Gasteiger charge is 2.18. The quantitative estimate of drug-likeness (QED) is 0.679. The van der Waals surface area contributed by atoms with Crippen molar-refractivity contribution >= 4 is 27.5 Å². The van der Waals surface area contributed by atoms with Gasteiger partial charge in [0.2, 0.25) is 0 Å². The molecule has 0 radical (unpaired) electrons. The molecule has 1 aromatic carbocycles. The van der Waals surface area contributed by atoms with E-state index in [2.05, 4.69) is 9.97 Å². The van der Waals surface area contributed by atoms with Crippen molar-refractivity contribution in [2.45, 2.75) is 26.9 Å². The molecule has 3 aromatic rings. The average molecular weight is 383 g/mol. The van der Waals surface area contributed by atoms with Gasteiger partial charge in [0.1, 0.15) is 16.6 Å². The Labute approximate surface area is 159 Å². The van der Waals surface area contributed by atoms with Gasteiger partial charge >= 0.3 is 5.97 Å². The summed E-state index contributed by atoms with van der Waals surface area (Å²) in [6.45, 7) is 5.08. The van der Waals surface area contributed by atoms with Gasteiger partial charge in [-0.3, -0.25) is 4.79 Å². The van der Waals surface area contributed by atoms with Crippen LogP contribution in [-0.4, -0.2) is 22.5 Å². The van der Waals surface area contributed by atoms with Crippen LogP contribution in [0.25, 0.3) is 10.2 Å². The van der Waals surface area contributed by atoms with Crippen LogP contribution in [0.15, 0.2) is 29.1 Å². The van der Waals surface area contributed by atoms with E-state index < -0.39 is 12.1 Å². The van der Waals surface area contributed by atoms with E-state index in [-0.39, 0.29) is 18.0 Å². The maximum absolute atomic E-state index is 12.3. The van der Waals surface area contributed by atoms with E-state index in [9.17, 15) is 9.59 Å². The fourth-order valence-electron chi connectivity index (χ4n) is 2.57. The number of nitrogens with zero attached hydrogens (tertiary/aromatic N) is 2. The zero-order valence-corrected chi connectivity index (χ0v) is 15.8. The van der Waals surface area contributed by atoms with Crippen LogP contribution < -0.4 is 10.3 Å². The van der Waals surface area contributed by atoms with E-state index in [1.165, 1.54) is 11.3 Å². The second-order valence-corrected chi connectivity index (χ2v) is 7.15. The van der Waals surface area contributed by atoms with Crippen LogP contribution in [0.3, 0.4) is 0 Å². The van der Waals surface area contributed by atoms with Crippen LogP contribution in [0.1, 0.15) is 34.9 Å². The minimum atomic E-state index is -0.743. The molecule has 0 spiro atoms. The standard InChI is InChI=1S/C19H17N3O4S/c1-10-12(3)27-19-16(10)18(24)21-17(22-19)11(2)26-15(23)9-25-14-7-5-4-6-13(14)8-20/h4-7,11H,9H2,1-3H3,(H,21,22,24)/t11-/m1/s1. The van der Waals surface area contributed by atoms with Crippen LogP contribution in [0.4, 0.5) is 0 Å². The van der Waals surface area contributed by atoms with Gasteiger partial charge in [-0.05, 0) is 38.5 Å². The van der Waals surface area contributed by atoms with E-state index in [4.69, 9.17) is 14.7 Å². The van der Waals surface area contributed by atoms with E-state index in [1.807, 2.05) is 19.9 Å². The summed E-state index contributed by atoms with van der Waals surface area (Å²) in [4.78, 5) is 33.1. The van der Waals surface area contributed by atoms with Gasteiger partial charge in [-0.15, -0.1) is 11.3 Å². The van der Waals surface area contributed by atoms with Gasteiger partial charge in [0.25, 0.3) is 5.56 Å². The summed E-state index contributed by atoms with van der Waals surface area (Å²) in [6, 6.07) is 8.60. The molecule has 0 saturated carbocycles. The molecular weight excluding hydrogens is 366 g/mol. The molecule has 7 nitrogen and oxygen atoms in total. The second kappa shape index (κ2) is 7.60. The van der Waals surface area contributed by atoms with Gasteiger partial charge in [0.05, 0.1) is 10.9 Å². The first-order valence-electron chi connectivity index (χ1n) is 8.22. The summed E-state index contributed by atoms with van der Waals surface area (Å²) in [6.07, 6.45) is -0.743. The lowest BCUT2D eigenvalue weighted by atomic mass is 10.2. The third-order valence-electron chi connectivity index (χ3n) is 4.10. The Morgan fingerprint density at radius 3 is 2.85 bits per heavy atom. The van der Waals surface area contributed by atoms with Crippen molar-refractivity contribution in [3.05, 3.63) is 56.4 Å². The van der Waals surface area contributed by atoms with Crippen LogP contribution in [0.2, 0.25) is 0 Å². The molecule has 1 N–H and O–H groups in total. The highest BCUT2D eigenvalue weighted by Crippen LogP contribution is 2.27. The third-order valence-corrected chi connectivity index (χ3v) is 5.20. The van der Waals surface area contributed by atoms with Crippen molar-refractivity contribution in [1.29, 1.82) is 5.26 Å². The first kappa shape index (κ1) is 18.6. The number of rotatable bonds is 5. The van der Waals surface area contributed by atoms with E-state index in [0.717, 1.165) is 10.4 Å². The number of hydrogen-bond donors (Lipinski definition) is 1. The number of nitriles is 1. The lowest BCUT2D eigenvalue weighted by molar-refractivity contribution is -0.151. The van der Waals surface area contributed by atoms with Gasteiger partial charge in [-0.25, -0.2) is 9.78 Å². The molecule has 0 fully saturated rings. The highest BCUT2D eigenvalue weighted by atomic mass is 32.1. The number of esters is 1. The SMILES string of the molecule is Cc1sc2nc([C@@H](C)OC(=O)COc3ccccc3C#N)[nH]c(=O)c2c1C. The maximum Gasteiger partial charge on any atom is 0.344 e. The number of carbonyl (C=O) groups is 1. The molecule has 0 bridgehead atoms. The lowest BCUT2D eigenvalue weighted by Crippen LogP contribution is -2.20. The van der Waals surface area contributed by atoms with Crippen molar-refractivity contribution in [3.8, 4) is 11.8 Å². The predicted molar refractivity (Wildman–Crippen MR) is 101 cm³/mol. The molecule has 0 aliphatic carbocycles. The molecule has 0 saturated heterocycles. The van der Waals surface area contributed by atoms with E-state index in [1.54, 1.807) is 31.2 Å². The second-order valence-electron chi connectivity index (χ2n) is 5.94. The number of aryl methyl sites for hydroxylation is 2. The Hall–Kier alpha value is -3.18. The number of nitrogens with one attached hydrogen (secondary N) is 1. The summed E-state index contributed by atoms with van der Waals surface area (Å²) < 4.78 is 10.7. The summed E-state index contributed by atoms with van der Waals surface area (Å²) in [5, 5.41) is 9.59. The molecule has 0 amide bonds. The van der Waals surface area contributed by atoms with Gasteiger partial charge in [-0.1, -0.05) is 12.1 Å². The fraction of sp³-hybridized carbons (Fsp3) is 0.263. The molecule has 0 aliphatic rings. The minimum absolute atomic E-state index is 0.251. The molecule has 2 aromatic heterocycles. The Bertz CT molecular complexity index is 1110. The van der Waals surface area contributed by atoms with Gasteiger partial charge < -0.3 is 14.5 Å². The van der Waals surface area contributed by atoms with Gasteiger partial charge in [0.15, 0.2) is 18.5 Å². The largest absolute Gasteiger partial charge is 0.481 e. The molecule has 1 atom stereocenters. The number of hydrogen-bond acceptors (Lipinski definition) is 7. The first-order valence-corrected chi connectivity index (χ1v) is 9.03. The van der Waals surface area contributed by atoms with Crippen LogP contribution >= 0.6 is 11.3 Å². The number of para-hydroxylation sites is 1. The summed E-state index contributed by atoms with van der Waals surface area (Å²) in [5.74, 6) is -0.0434. The maximum atomic E-state index is 12.3. The molecule has 8 heteroatoms. The van der Waals surface area contributed by atoms with Crippen molar-refractivity contribution in [3.63, 3.8) is 0 Å². The van der Waals surface area contributed by atoms with Crippen molar-refractivity contribution < 1.29 is 14.3 Å². The predicted octanol–water partition coefficient (Wildman–Crippen LogP) is 3.16. The number of fused-ring (bicyclic) bond motifs is 1. The van der Waals surface area contributed by atoms with Crippen molar-refractivity contribution in [2.75, 3.05) is 6.61 Å². The summed E-state index contributed by atoms with van der Waals surface area (Å²) in [7, 11) is 0. The van der Waals surface area contributed by atoms with E-state index >= 15 is 0 Å². The zero-order chi connectivity index (χ0) is 19.6. The molecule has 3 rings (SSSR count). The molecule has 27 heavy (non-hydrogen) atoms. The van der Waals surface area contributed by atoms with Crippen LogP contribution in [-0.2, 0) is 9.53 Å². The normalized spacial score (nSPS) is 11.8. The number of carbonyl (C=O) groups excluding carboxylic acids is 1. The average Bonchev–Trinajstić information content (AvgIpc) is 2.94. The third kappa shape index (κ3) is 3.83. The smallest absolute Gasteiger partial charge is 0.344 e. The lowest BCUT2D eigenvalue weighted by Gasteiger charge is -2.13. The monoisotopic (exact) mass is 383 g/mol. The van der Waals surface area contributed by atoms with Gasteiger partial charge in [-0.2, -0.15) is 5.26 Å². The van der Waals surface area contributed by atoms with Crippen LogP contribution in [0, 0.1) is 25.2 Å². The molecule has 0 unspecified atom stereocenters.